The second kappa shape index (κ2) is 16.7. The van der Waals surface area contributed by atoms with Gasteiger partial charge in [0, 0.05) is 11.8 Å². The predicted octanol–water partition coefficient (Wildman–Crippen LogP) is 18.2. The normalized spacial score (nSPS) is 12.7. The lowest BCUT2D eigenvalue weighted by atomic mass is 9.66. The van der Waals surface area contributed by atoms with Crippen LogP contribution in [0.15, 0.2) is 231 Å². The molecule has 0 aliphatic rings. The molecule has 0 aliphatic heterocycles. The summed E-state index contributed by atoms with van der Waals surface area (Å²) in [5.41, 5.74) is 12.5. The first kappa shape index (κ1) is 41.0. The molecular weight excluding hydrogens is 817 g/mol. The summed E-state index contributed by atoms with van der Waals surface area (Å²) in [4.78, 5) is 0. The number of benzene rings is 12. The minimum absolute atomic E-state index is 0.533. The van der Waals surface area contributed by atoms with Gasteiger partial charge < -0.3 is 0 Å². The molecule has 1 atom stereocenters. The molecular formula is C68H48. The first-order valence-electron chi connectivity index (χ1n) is 23.7. The molecule has 0 saturated heterocycles. The van der Waals surface area contributed by atoms with Gasteiger partial charge in [-0.3, -0.25) is 0 Å². The van der Waals surface area contributed by atoms with Gasteiger partial charge in [0.1, 0.15) is 0 Å². The lowest BCUT2D eigenvalue weighted by molar-refractivity contribution is 0.695. The van der Waals surface area contributed by atoms with E-state index >= 15 is 0 Å². The third-order valence-corrected chi connectivity index (χ3v) is 14.6. The van der Waals surface area contributed by atoms with Crippen molar-refractivity contribution in [3.63, 3.8) is 0 Å². The van der Waals surface area contributed by atoms with Gasteiger partial charge in [0.25, 0.3) is 0 Å². The van der Waals surface area contributed by atoms with E-state index in [4.69, 9.17) is 6.42 Å². The monoisotopic (exact) mass is 864 g/mol. The molecule has 0 radical (unpaired) electrons. The van der Waals surface area contributed by atoms with E-state index in [-0.39, 0.29) is 0 Å². The molecule has 0 aromatic heterocycles. The fourth-order valence-corrected chi connectivity index (χ4v) is 11.2. The van der Waals surface area contributed by atoms with Crippen molar-refractivity contribution in [2.45, 2.75) is 25.7 Å². The summed E-state index contributed by atoms with van der Waals surface area (Å²) < 4.78 is 0. The Labute approximate surface area is 398 Å². The highest BCUT2D eigenvalue weighted by Crippen LogP contribution is 2.51. The fraction of sp³-hybridized carbons (Fsp3) is 0.0588. The molecule has 0 nitrogen and oxygen atoms in total. The van der Waals surface area contributed by atoms with Crippen LogP contribution < -0.4 is 0 Å². The second-order valence-electron chi connectivity index (χ2n) is 18.3. The Morgan fingerprint density at radius 1 is 0.412 bits per heavy atom. The van der Waals surface area contributed by atoms with E-state index in [0.29, 0.717) is 6.42 Å². The van der Waals surface area contributed by atoms with E-state index in [1.165, 1.54) is 115 Å². The molecule has 0 aliphatic carbocycles. The standard InChI is InChI=1S/C68H48/c1-4-18-45-36-38-53(40-49(45)19-5-2)68(3,54-39-37-46-20-6-7-21-50(46)41-54)66-44-65(64-43-52-23-9-11-25-56(52)58-27-13-15-29-60(58)64)61-30-16-17-31-62(61)67(66)48-34-32-47(33-35-48)63-42-51-22-8-10-24-55(51)57-26-12-14-28-59(57)63/h2,4,6-18,20-44H,19H2,1,3H3/b18-4-. The van der Waals surface area contributed by atoms with Crippen LogP contribution in [0.2, 0.25) is 0 Å². The minimum atomic E-state index is -0.657. The van der Waals surface area contributed by atoms with Crippen LogP contribution >= 0.6 is 0 Å². The molecule has 0 spiro atoms. The zero-order valence-electron chi connectivity index (χ0n) is 38.3. The maximum atomic E-state index is 6.14. The first-order chi connectivity index (χ1) is 33.5. The summed E-state index contributed by atoms with van der Waals surface area (Å²) in [6.07, 6.45) is 10.9. The van der Waals surface area contributed by atoms with E-state index < -0.39 is 5.41 Å². The number of hydrogen-bond donors (Lipinski definition) is 0. The van der Waals surface area contributed by atoms with Crippen molar-refractivity contribution in [2.24, 2.45) is 0 Å². The van der Waals surface area contributed by atoms with Crippen LogP contribution in [0, 0.1) is 12.3 Å². The van der Waals surface area contributed by atoms with Crippen molar-refractivity contribution in [1.29, 1.82) is 0 Å². The largest absolute Gasteiger partial charge is 0.120 e. The van der Waals surface area contributed by atoms with Crippen molar-refractivity contribution in [1.82, 2.24) is 0 Å². The van der Waals surface area contributed by atoms with Gasteiger partial charge >= 0.3 is 0 Å². The van der Waals surface area contributed by atoms with Crippen molar-refractivity contribution >= 4 is 70.7 Å². The summed E-state index contributed by atoms with van der Waals surface area (Å²) in [6.45, 7) is 4.51. The summed E-state index contributed by atoms with van der Waals surface area (Å²) in [6, 6.07) is 83.8. The molecule has 0 fully saturated rings. The Morgan fingerprint density at radius 2 is 0.882 bits per heavy atom. The van der Waals surface area contributed by atoms with E-state index in [9.17, 15) is 0 Å². The molecule has 12 aromatic carbocycles. The number of terminal acetylenes is 1. The summed E-state index contributed by atoms with van der Waals surface area (Å²) >= 11 is 0. The lowest BCUT2D eigenvalue weighted by Crippen LogP contribution is -2.27. The average molecular weight is 865 g/mol. The van der Waals surface area contributed by atoms with Gasteiger partial charge in [-0.05, 0) is 164 Å². The zero-order chi connectivity index (χ0) is 45.8. The zero-order valence-corrected chi connectivity index (χ0v) is 38.3. The molecule has 0 N–H and O–H groups in total. The third kappa shape index (κ3) is 6.70. The predicted molar refractivity (Wildman–Crippen MR) is 293 cm³/mol. The van der Waals surface area contributed by atoms with Crippen molar-refractivity contribution in [3.05, 3.63) is 258 Å². The molecule has 0 heteroatoms. The first-order valence-corrected chi connectivity index (χ1v) is 23.7. The van der Waals surface area contributed by atoms with Crippen LogP contribution in [0.4, 0.5) is 0 Å². The Balaban J connectivity index is 1.19. The van der Waals surface area contributed by atoms with Crippen LogP contribution in [0.1, 0.15) is 41.7 Å². The highest BCUT2D eigenvalue weighted by atomic mass is 14.4. The summed E-state index contributed by atoms with van der Waals surface area (Å²) in [5.74, 6) is 2.99. The number of allylic oxidation sites excluding steroid dienone is 1. The topological polar surface area (TPSA) is 0 Å². The molecule has 0 saturated carbocycles. The lowest BCUT2D eigenvalue weighted by Gasteiger charge is -2.36. The summed E-state index contributed by atoms with van der Waals surface area (Å²) in [5, 5.41) is 14.9. The maximum Gasteiger partial charge on any atom is 0.0430 e. The van der Waals surface area contributed by atoms with Crippen molar-refractivity contribution in [3.8, 4) is 45.7 Å². The average Bonchev–Trinajstić information content (AvgIpc) is 3.40. The molecule has 12 rings (SSSR count). The molecule has 320 valence electrons. The van der Waals surface area contributed by atoms with E-state index in [0.717, 1.165) is 11.1 Å². The Morgan fingerprint density at radius 3 is 1.51 bits per heavy atom. The number of fused-ring (bicyclic) bond motifs is 8. The molecule has 12 aromatic rings. The number of rotatable bonds is 8. The molecule has 0 bridgehead atoms. The molecule has 0 amide bonds. The third-order valence-electron chi connectivity index (χ3n) is 14.6. The van der Waals surface area contributed by atoms with Gasteiger partial charge in [-0.2, -0.15) is 0 Å². The summed E-state index contributed by atoms with van der Waals surface area (Å²) in [7, 11) is 0. The Hall–Kier alpha value is -8.50. The van der Waals surface area contributed by atoms with Crippen LogP contribution in [0.25, 0.3) is 104 Å². The van der Waals surface area contributed by atoms with Gasteiger partial charge in [0.2, 0.25) is 0 Å². The van der Waals surface area contributed by atoms with Gasteiger partial charge in [0.05, 0.1) is 0 Å². The maximum absolute atomic E-state index is 6.14. The minimum Gasteiger partial charge on any atom is -0.120 e. The molecule has 1 unspecified atom stereocenters. The second-order valence-corrected chi connectivity index (χ2v) is 18.3. The van der Waals surface area contributed by atoms with Gasteiger partial charge in [-0.1, -0.05) is 212 Å². The van der Waals surface area contributed by atoms with Crippen molar-refractivity contribution in [2.75, 3.05) is 0 Å². The Bertz CT molecular complexity index is 4030. The van der Waals surface area contributed by atoms with E-state index in [2.05, 4.69) is 256 Å². The van der Waals surface area contributed by atoms with Crippen LogP contribution in [-0.2, 0) is 11.8 Å². The Kier molecular flexibility index (Phi) is 10.1. The van der Waals surface area contributed by atoms with Gasteiger partial charge in [-0.25, -0.2) is 0 Å². The number of hydrogen-bond acceptors (Lipinski definition) is 0. The molecule has 68 heavy (non-hydrogen) atoms. The van der Waals surface area contributed by atoms with Gasteiger partial charge in [-0.15, -0.1) is 12.3 Å². The van der Waals surface area contributed by atoms with Crippen LogP contribution in [0.5, 0.6) is 0 Å². The molecule has 0 heterocycles. The highest BCUT2D eigenvalue weighted by molar-refractivity contribution is 6.18. The highest BCUT2D eigenvalue weighted by Gasteiger charge is 2.36. The van der Waals surface area contributed by atoms with E-state index in [1.54, 1.807) is 0 Å². The van der Waals surface area contributed by atoms with E-state index in [1.807, 2.05) is 0 Å². The quantitative estimate of drug-likeness (QED) is 0.0811. The SMILES string of the molecule is C#CCc1cc(C(C)(c2ccc3ccccc3c2)c2cc(-c3cc4ccccc4c4ccccc34)c3ccccc3c2-c2ccc(-c3cc4ccccc4c4ccccc34)cc2)ccc1/C=C\C. The van der Waals surface area contributed by atoms with Crippen molar-refractivity contribution < 1.29 is 0 Å². The fourth-order valence-electron chi connectivity index (χ4n) is 11.2. The van der Waals surface area contributed by atoms with Crippen LogP contribution in [-0.4, -0.2) is 0 Å². The van der Waals surface area contributed by atoms with Crippen LogP contribution in [0.3, 0.4) is 0 Å². The smallest absolute Gasteiger partial charge is 0.0430 e. The van der Waals surface area contributed by atoms with Gasteiger partial charge in [0.15, 0.2) is 0 Å².